The number of carbonyl (C=O) groups is 2. The molecule has 4 heteroatoms. The monoisotopic (exact) mass is 170 g/mol. The quantitative estimate of drug-likeness (QED) is 0.575. The maximum Gasteiger partial charge on any atom is 0.243 e. The van der Waals surface area contributed by atoms with Gasteiger partial charge in [0.05, 0.1) is 0 Å². The van der Waals surface area contributed by atoms with Crippen LogP contribution in [0.25, 0.3) is 0 Å². The van der Waals surface area contributed by atoms with Crippen molar-refractivity contribution in [1.82, 2.24) is 0 Å². The fraction of sp³-hybridized carbons (Fsp3) is 0.250. The van der Waals surface area contributed by atoms with Crippen molar-refractivity contribution in [2.45, 2.75) is 13.8 Å². The van der Waals surface area contributed by atoms with Crippen molar-refractivity contribution in [3.63, 3.8) is 0 Å². The van der Waals surface area contributed by atoms with Gasteiger partial charge in [0.2, 0.25) is 11.8 Å². The van der Waals surface area contributed by atoms with E-state index in [0.717, 1.165) is 6.08 Å². The molecule has 0 bridgehead atoms. The van der Waals surface area contributed by atoms with Crippen LogP contribution in [-0.4, -0.2) is 11.8 Å². The summed E-state index contributed by atoms with van der Waals surface area (Å²) >= 11 is 0. The highest BCUT2D eigenvalue weighted by Crippen LogP contribution is 1.85. The lowest BCUT2D eigenvalue weighted by atomic mass is 10.3. The molecule has 0 aromatic rings. The van der Waals surface area contributed by atoms with E-state index in [1.165, 1.54) is 0 Å². The van der Waals surface area contributed by atoms with Gasteiger partial charge in [0.15, 0.2) is 0 Å². The Labute approximate surface area is 71.9 Å². The average molecular weight is 170 g/mol. The fourth-order valence-electron chi connectivity index (χ4n) is 0.142. The van der Waals surface area contributed by atoms with Gasteiger partial charge in [0.25, 0.3) is 0 Å². The first-order valence-corrected chi connectivity index (χ1v) is 3.30. The minimum atomic E-state index is -0.481. The zero-order valence-electron chi connectivity index (χ0n) is 7.33. The fourth-order valence-corrected chi connectivity index (χ4v) is 0.142. The molecule has 0 aliphatic rings. The second-order valence-electron chi connectivity index (χ2n) is 1.94. The molecule has 0 aliphatic heterocycles. The van der Waals surface area contributed by atoms with Gasteiger partial charge in [-0.15, -0.1) is 0 Å². The van der Waals surface area contributed by atoms with Crippen LogP contribution in [0.15, 0.2) is 24.3 Å². The molecule has 4 N–H and O–H groups in total. The lowest BCUT2D eigenvalue weighted by molar-refractivity contribution is -0.115. The molecule has 4 nitrogen and oxygen atoms in total. The number of rotatable bonds is 2. The number of amides is 2. The van der Waals surface area contributed by atoms with Crippen LogP contribution in [0, 0.1) is 0 Å². The smallest absolute Gasteiger partial charge is 0.243 e. The number of hydrogen-bond donors (Lipinski definition) is 2. The van der Waals surface area contributed by atoms with Gasteiger partial charge in [0, 0.05) is 5.57 Å². The predicted octanol–water partition coefficient (Wildman–Crippen LogP) is 0.0956. The summed E-state index contributed by atoms with van der Waals surface area (Å²) in [5, 5.41) is 0. The van der Waals surface area contributed by atoms with E-state index in [0.29, 0.717) is 5.57 Å². The van der Waals surface area contributed by atoms with E-state index < -0.39 is 5.91 Å². The molecule has 68 valence electrons. The third-order valence-corrected chi connectivity index (χ3v) is 1.02. The van der Waals surface area contributed by atoms with Gasteiger partial charge in [0.1, 0.15) is 0 Å². The summed E-state index contributed by atoms with van der Waals surface area (Å²) in [6, 6.07) is 0. The minimum Gasteiger partial charge on any atom is -0.366 e. The van der Waals surface area contributed by atoms with Crippen molar-refractivity contribution >= 4 is 11.8 Å². The van der Waals surface area contributed by atoms with Crippen molar-refractivity contribution in [2.75, 3.05) is 0 Å². The first-order valence-electron chi connectivity index (χ1n) is 3.30. The van der Waals surface area contributed by atoms with Gasteiger partial charge in [-0.1, -0.05) is 12.7 Å². The molecule has 0 spiro atoms. The van der Waals surface area contributed by atoms with Crippen molar-refractivity contribution < 1.29 is 9.59 Å². The summed E-state index contributed by atoms with van der Waals surface area (Å²) in [5.74, 6) is -0.826. The molecule has 0 saturated heterocycles. The van der Waals surface area contributed by atoms with Crippen LogP contribution in [0.1, 0.15) is 13.8 Å². The number of nitrogens with two attached hydrogens (primary N) is 2. The van der Waals surface area contributed by atoms with Crippen LogP contribution in [0.2, 0.25) is 0 Å². The molecule has 0 heterocycles. The lowest BCUT2D eigenvalue weighted by Crippen LogP contribution is -2.10. The summed E-state index contributed by atoms with van der Waals surface area (Å²) < 4.78 is 0. The Bertz CT molecular complexity index is 207. The summed E-state index contributed by atoms with van der Waals surface area (Å²) in [6.45, 7) is 6.55. The van der Waals surface area contributed by atoms with E-state index >= 15 is 0 Å². The molecule has 0 aromatic heterocycles. The van der Waals surface area contributed by atoms with Crippen molar-refractivity contribution in [1.29, 1.82) is 0 Å². The van der Waals surface area contributed by atoms with E-state index in [2.05, 4.69) is 12.3 Å². The molecule has 12 heavy (non-hydrogen) atoms. The number of allylic oxidation sites excluding steroid dienone is 1. The van der Waals surface area contributed by atoms with Crippen LogP contribution in [-0.2, 0) is 9.59 Å². The first-order chi connectivity index (χ1) is 5.45. The molecule has 0 aromatic carbocycles. The summed E-state index contributed by atoms with van der Waals surface area (Å²) in [5.41, 5.74) is 9.99. The lowest BCUT2D eigenvalue weighted by Gasteiger charge is -1.85. The van der Waals surface area contributed by atoms with Gasteiger partial charge >= 0.3 is 0 Å². The third kappa shape index (κ3) is 11.2. The topological polar surface area (TPSA) is 86.2 Å². The van der Waals surface area contributed by atoms with Crippen LogP contribution < -0.4 is 11.5 Å². The Kier molecular flexibility index (Phi) is 8.18. The van der Waals surface area contributed by atoms with E-state index in [9.17, 15) is 9.59 Å². The third-order valence-electron chi connectivity index (χ3n) is 1.02. The van der Waals surface area contributed by atoms with Gasteiger partial charge in [-0.3, -0.25) is 9.59 Å². The van der Waals surface area contributed by atoms with Crippen molar-refractivity contribution in [3.8, 4) is 0 Å². The predicted molar refractivity (Wildman–Crippen MR) is 48.0 cm³/mol. The highest BCUT2D eigenvalue weighted by molar-refractivity contribution is 5.91. The van der Waals surface area contributed by atoms with Gasteiger partial charge in [-0.25, -0.2) is 0 Å². The average Bonchev–Trinajstić information content (AvgIpc) is 2.04. The molecule has 0 rings (SSSR count). The molecular weight excluding hydrogens is 156 g/mol. The Morgan fingerprint density at radius 1 is 1.33 bits per heavy atom. The summed E-state index contributed by atoms with van der Waals surface area (Å²) in [6.07, 6.45) is 2.74. The second kappa shape index (κ2) is 7.53. The van der Waals surface area contributed by atoms with E-state index in [4.69, 9.17) is 5.73 Å². The summed E-state index contributed by atoms with van der Waals surface area (Å²) in [4.78, 5) is 19.6. The highest BCUT2D eigenvalue weighted by atomic mass is 16.1. The van der Waals surface area contributed by atoms with Crippen LogP contribution in [0.4, 0.5) is 0 Å². The maximum absolute atomic E-state index is 10.1. The van der Waals surface area contributed by atoms with Crippen molar-refractivity contribution in [3.05, 3.63) is 24.3 Å². The van der Waals surface area contributed by atoms with Crippen LogP contribution in [0.3, 0.4) is 0 Å². The van der Waals surface area contributed by atoms with Crippen LogP contribution >= 0.6 is 0 Å². The normalized spacial score (nSPS) is 9.33. The number of carbonyl (C=O) groups excluding carboxylic acids is 2. The first kappa shape index (κ1) is 13.0. The molecule has 2 amide bonds. The molecular formula is C8H14N2O2. The molecule has 0 radical (unpaired) electrons. The van der Waals surface area contributed by atoms with Crippen molar-refractivity contribution in [2.24, 2.45) is 11.5 Å². The number of primary amides is 2. The van der Waals surface area contributed by atoms with E-state index in [1.807, 2.05) is 0 Å². The molecule has 0 aliphatic carbocycles. The summed E-state index contributed by atoms with van der Waals surface area (Å²) in [7, 11) is 0. The van der Waals surface area contributed by atoms with E-state index in [-0.39, 0.29) is 5.91 Å². The van der Waals surface area contributed by atoms with Gasteiger partial charge in [-0.05, 0) is 19.9 Å². The second-order valence-corrected chi connectivity index (χ2v) is 1.94. The Morgan fingerprint density at radius 3 is 1.67 bits per heavy atom. The van der Waals surface area contributed by atoms with Crippen LogP contribution in [0.5, 0.6) is 0 Å². The highest BCUT2D eigenvalue weighted by Gasteiger charge is 1.90. The molecule has 0 unspecified atom stereocenters. The SMILES string of the molecule is C/C=C(\C)C(N)=O.C=CC(N)=O. The van der Waals surface area contributed by atoms with E-state index in [1.54, 1.807) is 19.9 Å². The number of hydrogen-bond acceptors (Lipinski definition) is 2. The minimum absolute atomic E-state index is 0.345. The zero-order chi connectivity index (χ0) is 10.1. The molecule has 0 saturated carbocycles. The standard InChI is InChI=1S/C5H9NO.C3H5NO/c1-3-4(2)5(6)7;1-2-3(4)5/h3H,1-2H3,(H2,6,7);2H,1H2,(H2,4,5)/b4-3+;. The van der Waals surface area contributed by atoms with Gasteiger partial charge in [-0.2, -0.15) is 0 Å². The van der Waals surface area contributed by atoms with Gasteiger partial charge < -0.3 is 11.5 Å². The maximum atomic E-state index is 10.1. The molecule has 0 atom stereocenters. The Balaban J connectivity index is 0. The largest absolute Gasteiger partial charge is 0.366 e. The Morgan fingerprint density at radius 2 is 1.67 bits per heavy atom. The Hall–Kier alpha value is -1.58. The zero-order valence-corrected chi connectivity index (χ0v) is 7.33. The molecule has 0 fully saturated rings.